The molecular weight excluding hydrogens is 450 g/mol. The molecule has 0 aliphatic rings. The van der Waals surface area contributed by atoms with Crippen LogP contribution >= 0.6 is 11.6 Å². The summed E-state index contributed by atoms with van der Waals surface area (Å²) in [6.07, 6.45) is 6.84. The molecule has 34 heavy (non-hydrogen) atoms. The first-order valence-corrected chi connectivity index (χ1v) is 12.1. The van der Waals surface area contributed by atoms with E-state index in [9.17, 15) is 9.59 Å². The molecule has 0 radical (unpaired) electrons. The van der Waals surface area contributed by atoms with Crippen molar-refractivity contribution < 1.29 is 14.3 Å². The molecule has 2 atom stereocenters. The molecule has 0 aliphatic heterocycles. The third-order valence-electron chi connectivity index (χ3n) is 5.98. The minimum atomic E-state index is -0.547. The van der Waals surface area contributed by atoms with Crippen LogP contribution in [0.5, 0.6) is 0 Å². The smallest absolute Gasteiger partial charge is 0.323 e. The van der Waals surface area contributed by atoms with E-state index in [2.05, 4.69) is 28.3 Å². The van der Waals surface area contributed by atoms with E-state index < -0.39 is 6.04 Å². The number of aldehydes is 1. The van der Waals surface area contributed by atoms with Gasteiger partial charge in [-0.1, -0.05) is 73.8 Å². The number of aromatic amines is 1. The lowest BCUT2D eigenvalue weighted by molar-refractivity contribution is -0.143. The van der Waals surface area contributed by atoms with Gasteiger partial charge >= 0.3 is 5.97 Å². The number of halogens is 1. The van der Waals surface area contributed by atoms with Gasteiger partial charge in [-0.15, -0.1) is 0 Å². The van der Waals surface area contributed by atoms with Gasteiger partial charge in [-0.05, 0) is 30.0 Å². The van der Waals surface area contributed by atoms with Crippen LogP contribution in [0.1, 0.15) is 65.1 Å². The Morgan fingerprint density at radius 1 is 1.21 bits per heavy atom. The summed E-state index contributed by atoms with van der Waals surface area (Å²) in [7, 11) is 1.37. The topological polar surface area (TPSA) is 84.1 Å². The van der Waals surface area contributed by atoms with E-state index in [-0.39, 0.29) is 11.9 Å². The highest BCUT2D eigenvalue weighted by Crippen LogP contribution is 2.32. The number of nitrogens with one attached hydrogen (secondary N) is 2. The Kier molecular flexibility index (Phi) is 9.86. The predicted octanol–water partition coefficient (Wildman–Crippen LogP) is 5.11. The summed E-state index contributed by atoms with van der Waals surface area (Å²) in [5.41, 5.74) is 3.45. The summed E-state index contributed by atoms with van der Waals surface area (Å²) < 4.78 is 4.97. The van der Waals surface area contributed by atoms with Crippen molar-refractivity contribution in [2.45, 2.75) is 51.0 Å². The van der Waals surface area contributed by atoms with E-state index in [1.807, 2.05) is 36.5 Å². The Balaban J connectivity index is 1.66. The first-order chi connectivity index (χ1) is 16.6. The maximum absolute atomic E-state index is 12.3. The zero-order chi connectivity index (χ0) is 24.3. The molecule has 1 unspecified atom stereocenters. The van der Waals surface area contributed by atoms with E-state index in [0.717, 1.165) is 53.2 Å². The van der Waals surface area contributed by atoms with Gasteiger partial charge in [0.05, 0.1) is 7.11 Å². The number of unbranched alkanes of at least 4 members (excludes halogenated alkanes) is 1. The Morgan fingerprint density at radius 2 is 1.97 bits per heavy atom. The summed E-state index contributed by atoms with van der Waals surface area (Å²) in [5.74, 6) is 0.656. The molecule has 6 nitrogen and oxygen atoms in total. The van der Waals surface area contributed by atoms with Crippen LogP contribution in [0, 0.1) is 0 Å². The van der Waals surface area contributed by atoms with Crippen LogP contribution in [0.15, 0.2) is 54.7 Å². The Morgan fingerprint density at radius 3 is 2.71 bits per heavy atom. The van der Waals surface area contributed by atoms with Crippen molar-refractivity contribution in [2.24, 2.45) is 0 Å². The summed E-state index contributed by atoms with van der Waals surface area (Å²) in [6.45, 7) is 2.73. The lowest BCUT2D eigenvalue weighted by atomic mass is 9.93. The average molecular weight is 482 g/mol. The van der Waals surface area contributed by atoms with Crippen LogP contribution in [0.2, 0.25) is 5.02 Å². The van der Waals surface area contributed by atoms with Gasteiger partial charge in [-0.25, -0.2) is 4.98 Å². The number of aromatic nitrogens is 2. The molecule has 3 aromatic rings. The zero-order valence-electron chi connectivity index (χ0n) is 19.7. The van der Waals surface area contributed by atoms with Gasteiger partial charge in [0.15, 0.2) is 0 Å². The standard InChI is InChI=1S/C27H32ClN3O3/c1-3-4-11-23(22-12-7-8-13-24(22)28)26-30-17-21(31-26)14-15-29-25(27(33)34-2)16-19-9-5-6-10-20(19)18-32/h5-10,12-13,17-18,23,25,29H,3-4,11,14-16H2,1-2H3,(H,30,31)/t23?,25-/m0/s1. The van der Waals surface area contributed by atoms with Crippen molar-refractivity contribution in [3.05, 3.63) is 88.0 Å². The summed E-state index contributed by atoms with van der Waals surface area (Å²) >= 11 is 6.49. The largest absolute Gasteiger partial charge is 0.468 e. The van der Waals surface area contributed by atoms with Crippen molar-refractivity contribution >= 4 is 23.9 Å². The number of methoxy groups -OCH3 is 1. The van der Waals surface area contributed by atoms with E-state index in [1.165, 1.54) is 7.11 Å². The van der Waals surface area contributed by atoms with Gasteiger partial charge in [-0.3, -0.25) is 9.59 Å². The Bertz CT molecular complexity index is 1080. The molecule has 1 aromatic heterocycles. The molecule has 0 amide bonds. The van der Waals surface area contributed by atoms with E-state index in [4.69, 9.17) is 16.3 Å². The number of hydrogen-bond acceptors (Lipinski definition) is 5. The number of carbonyl (C=O) groups excluding carboxylic acids is 2. The fourth-order valence-corrected chi connectivity index (χ4v) is 4.37. The van der Waals surface area contributed by atoms with E-state index in [1.54, 1.807) is 12.1 Å². The molecule has 2 aromatic carbocycles. The fraction of sp³-hybridized carbons (Fsp3) is 0.370. The van der Waals surface area contributed by atoms with Crippen LogP contribution in [0.25, 0.3) is 0 Å². The van der Waals surface area contributed by atoms with Gasteiger partial charge < -0.3 is 15.0 Å². The number of nitrogens with zero attached hydrogens (tertiary/aromatic N) is 1. The number of rotatable bonds is 13. The highest BCUT2D eigenvalue weighted by Gasteiger charge is 2.22. The Hall–Kier alpha value is -2.96. The highest BCUT2D eigenvalue weighted by molar-refractivity contribution is 6.31. The fourth-order valence-electron chi connectivity index (χ4n) is 4.10. The summed E-state index contributed by atoms with van der Waals surface area (Å²) in [6, 6.07) is 14.6. The number of hydrogen-bond donors (Lipinski definition) is 2. The minimum Gasteiger partial charge on any atom is -0.468 e. The molecule has 0 saturated carbocycles. The van der Waals surface area contributed by atoms with Crippen LogP contribution in [0.4, 0.5) is 0 Å². The first-order valence-electron chi connectivity index (χ1n) is 11.7. The molecule has 1 heterocycles. The van der Waals surface area contributed by atoms with Gasteiger partial charge in [0.1, 0.15) is 18.2 Å². The van der Waals surface area contributed by atoms with Crippen molar-refractivity contribution in [3.63, 3.8) is 0 Å². The molecule has 0 bridgehead atoms. The van der Waals surface area contributed by atoms with Gasteiger partial charge in [0.2, 0.25) is 0 Å². The minimum absolute atomic E-state index is 0.109. The molecule has 180 valence electrons. The van der Waals surface area contributed by atoms with E-state index >= 15 is 0 Å². The summed E-state index contributed by atoms with van der Waals surface area (Å²) in [5, 5.41) is 4.02. The van der Waals surface area contributed by atoms with Crippen LogP contribution in [0.3, 0.4) is 0 Å². The van der Waals surface area contributed by atoms with Crippen LogP contribution in [-0.4, -0.2) is 41.9 Å². The molecule has 3 rings (SSSR count). The monoisotopic (exact) mass is 481 g/mol. The van der Waals surface area contributed by atoms with Crippen LogP contribution in [-0.2, 0) is 22.4 Å². The molecule has 0 fully saturated rings. The second kappa shape index (κ2) is 13.1. The van der Waals surface area contributed by atoms with Gasteiger partial charge in [-0.2, -0.15) is 0 Å². The zero-order valence-corrected chi connectivity index (χ0v) is 20.5. The maximum Gasteiger partial charge on any atom is 0.323 e. The van der Waals surface area contributed by atoms with Crippen molar-refractivity contribution in [3.8, 4) is 0 Å². The number of H-pyrrole nitrogens is 1. The van der Waals surface area contributed by atoms with Gasteiger partial charge in [0, 0.05) is 41.4 Å². The molecule has 0 spiro atoms. The number of carbonyl (C=O) groups is 2. The lowest BCUT2D eigenvalue weighted by Crippen LogP contribution is -2.40. The molecule has 2 N–H and O–H groups in total. The quantitative estimate of drug-likeness (QED) is 0.261. The first kappa shape index (κ1) is 25.7. The van der Waals surface area contributed by atoms with Crippen molar-refractivity contribution in [2.75, 3.05) is 13.7 Å². The predicted molar refractivity (Wildman–Crippen MR) is 134 cm³/mol. The number of imidazole rings is 1. The second-order valence-corrected chi connectivity index (χ2v) is 8.72. The molecule has 0 saturated heterocycles. The summed E-state index contributed by atoms with van der Waals surface area (Å²) in [4.78, 5) is 31.8. The number of esters is 1. The number of benzene rings is 2. The Labute approximate surface area is 206 Å². The highest BCUT2D eigenvalue weighted by atomic mass is 35.5. The average Bonchev–Trinajstić information content (AvgIpc) is 3.33. The van der Waals surface area contributed by atoms with Crippen molar-refractivity contribution in [1.29, 1.82) is 0 Å². The van der Waals surface area contributed by atoms with Crippen LogP contribution < -0.4 is 5.32 Å². The number of ether oxygens (including phenoxy) is 1. The molecule has 0 aliphatic carbocycles. The second-order valence-electron chi connectivity index (χ2n) is 8.31. The maximum atomic E-state index is 12.3. The molecule has 7 heteroatoms. The third kappa shape index (κ3) is 6.78. The van der Waals surface area contributed by atoms with E-state index in [0.29, 0.717) is 24.9 Å². The normalized spacial score (nSPS) is 12.8. The third-order valence-corrected chi connectivity index (χ3v) is 6.33. The lowest BCUT2D eigenvalue weighted by Gasteiger charge is -2.17. The SMILES string of the molecule is CCCCC(c1ncc(CCN[C@@H](Cc2ccccc2C=O)C(=O)OC)[nH]1)c1ccccc1Cl. The molecular formula is C27H32ClN3O3. The van der Waals surface area contributed by atoms with Crippen molar-refractivity contribution in [1.82, 2.24) is 15.3 Å². The van der Waals surface area contributed by atoms with Gasteiger partial charge in [0.25, 0.3) is 0 Å².